The summed E-state index contributed by atoms with van der Waals surface area (Å²) in [4.78, 5) is 12.0. The van der Waals surface area contributed by atoms with Crippen LogP contribution in [0.3, 0.4) is 0 Å². The van der Waals surface area contributed by atoms with Crippen LogP contribution < -0.4 is 11.1 Å². The number of hydrogen-bond donors (Lipinski definition) is 2. The predicted octanol–water partition coefficient (Wildman–Crippen LogP) is 4.24. The molecule has 1 aromatic carbocycles. The first-order chi connectivity index (χ1) is 9.81. The van der Waals surface area contributed by atoms with E-state index in [1.165, 1.54) is 5.56 Å². The summed E-state index contributed by atoms with van der Waals surface area (Å²) in [7, 11) is 0. The fourth-order valence-corrected chi connectivity index (χ4v) is 2.77. The van der Waals surface area contributed by atoms with Gasteiger partial charge in [0.15, 0.2) is 0 Å². The van der Waals surface area contributed by atoms with Gasteiger partial charge < -0.3 is 15.8 Å². The van der Waals surface area contributed by atoms with E-state index < -0.39 is 5.60 Å². The van der Waals surface area contributed by atoms with Gasteiger partial charge in [0.25, 0.3) is 0 Å². The molecule has 0 aliphatic carbocycles. The average Bonchev–Trinajstić information content (AvgIpc) is 2.23. The molecule has 0 heterocycles. The van der Waals surface area contributed by atoms with Crippen LogP contribution >= 0.6 is 0 Å². The molecular formula is C18H30N2O2. The van der Waals surface area contributed by atoms with Crippen LogP contribution in [0.4, 0.5) is 10.5 Å². The molecule has 0 aliphatic rings. The van der Waals surface area contributed by atoms with Crippen LogP contribution in [0.5, 0.6) is 0 Å². The summed E-state index contributed by atoms with van der Waals surface area (Å²) in [6.45, 7) is 13.9. The molecule has 0 spiro atoms. The highest BCUT2D eigenvalue weighted by Crippen LogP contribution is 2.32. The van der Waals surface area contributed by atoms with Crippen molar-refractivity contribution < 1.29 is 9.53 Å². The van der Waals surface area contributed by atoms with Crippen LogP contribution in [-0.4, -0.2) is 17.2 Å². The van der Waals surface area contributed by atoms with E-state index in [9.17, 15) is 4.79 Å². The fourth-order valence-electron chi connectivity index (χ4n) is 2.77. The number of nitrogens with one attached hydrogen (secondary N) is 1. The first-order valence-electron chi connectivity index (χ1n) is 7.68. The Bertz CT molecular complexity index is 511. The Balaban J connectivity index is 2.77. The first-order valence-corrected chi connectivity index (χ1v) is 7.68. The number of rotatable bonds is 4. The Morgan fingerprint density at radius 2 is 1.55 bits per heavy atom. The highest BCUT2D eigenvalue weighted by molar-refractivity contribution is 5.68. The van der Waals surface area contributed by atoms with Crippen LogP contribution in [0, 0.1) is 0 Å². The molecule has 0 aromatic heterocycles. The van der Waals surface area contributed by atoms with E-state index in [2.05, 4.69) is 19.2 Å². The number of nitrogen functional groups attached to an aromatic ring is 1. The van der Waals surface area contributed by atoms with Gasteiger partial charge in [0, 0.05) is 11.2 Å². The normalized spacial score (nSPS) is 12.9. The smallest absolute Gasteiger partial charge is 0.408 e. The van der Waals surface area contributed by atoms with Gasteiger partial charge >= 0.3 is 6.09 Å². The summed E-state index contributed by atoms with van der Waals surface area (Å²) < 4.78 is 5.34. The number of alkyl carbamates (subject to hydrolysis) is 1. The number of carbonyl (C=O) groups excluding carboxylic acids is 1. The number of anilines is 1. The van der Waals surface area contributed by atoms with E-state index in [1.807, 2.05) is 58.9 Å². The van der Waals surface area contributed by atoms with Gasteiger partial charge in [0.2, 0.25) is 0 Å². The standard InChI is InChI=1S/C18H30N2O2/c1-16(2,3)22-15(21)20-18(6,7)12-17(4,5)13-8-10-14(19)11-9-13/h8-11H,12,19H2,1-7H3,(H,20,21). The Morgan fingerprint density at radius 3 is 2.00 bits per heavy atom. The van der Waals surface area contributed by atoms with Gasteiger partial charge in [-0.05, 0) is 64.2 Å². The van der Waals surface area contributed by atoms with E-state index in [1.54, 1.807) is 0 Å². The number of nitrogens with two attached hydrogens (primary N) is 1. The molecule has 4 heteroatoms. The van der Waals surface area contributed by atoms with E-state index in [-0.39, 0.29) is 17.0 Å². The highest BCUT2D eigenvalue weighted by atomic mass is 16.6. The second-order valence-electron chi connectivity index (χ2n) is 8.19. The maximum Gasteiger partial charge on any atom is 0.408 e. The molecule has 1 amide bonds. The molecule has 0 radical (unpaired) electrons. The van der Waals surface area contributed by atoms with E-state index in [4.69, 9.17) is 10.5 Å². The molecule has 0 fully saturated rings. The van der Waals surface area contributed by atoms with Gasteiger partial charge in [-0.2, -0.15) is 0 Å². The molecular weight excluding hydrogens is 276 g/mol. The molecule has 124 valence electrons. The lowest BCUT2D eigenvalue weighted by atomic mass is 9.75. The molecule has 0 bridgehead atoms. The van der Waals surface area contributed by atoms with Crippen LogP contribution in [0.2, 0.25) is 0 Å². The monoisotopic (exact) mass is 306 g/mol. The molecule has 0 unspecified atom stereocenters. The lowest BCUT2D eigenvalue weighted by molar-refractivity contribution is 0.0458. The second kappa shape index (κ2) is 6.19. The maximum atomic E-state index is 12.0. The Kier molecular flexibility index (Phi) is 5.16. The minimum Gasteiger partial charge on any atom is -0.444 e. The van der Waals surface area contributed by atoms with Crippen LogP contribution in [0.15, 0.2) is 24.3 Å². The van der Waals surface area contributed by atoms with Gasteiger partial charge in [-0.15, -0.1) is 0 Å². The summed E-state index contributed by atoms with van der Waals surface area (Å²) in [5, 5.41) is 2.96. The third-order valence-electron chi connectivity index (χ3n) is 3.42. The Hall–Kier alpha value is -1.71. The SMILES string of the molecule is CC(C)(CC(C)(C)c1ccc(N)cc1)NC(=O)OC(C)(C)C. The van der Waals surface area contributed by atoms with Crippen molar-refractivity contribution in [3.05, 3.63) is 29.8 Å². The summed E-state index contributed by atoms with van der Waals surface area (Å²) in [5.41, 5.74) is 6.73. The number of benzene rings is 1. The third kappa shape index (κ3) is 5.96. The topological polar surface area (TPSA) is 64.3 Å². The minimum atomic E-state index is -0.493. The molecule has 0 saturated heterocycles. The van der Waals surface area contributed by atoms with E-state index in [0.29, 0.717) is 0 Å². The molecule has 1 aromatic rings. The zero-order chi connectivity index (χ0) is 17.2. The number of ether oxygens (including phenoxy) is 1. The summed E-state index contributed by atoms with van der Waals surface area (Å²) in [5.74, 6) is 0. The summed E-state index contributed by atoms with van der Waals surface area (Å²) in [6, 6.07) is 7.90. The second-order valence-corrected chi connectivity index (χ2v) is 8.19. The summed E-state index contributed by atoms with van der Waals surface area (Å²) >= 11 is 0. The van der Waals surface area contributed by atoms with Crippen LogP contribution in [0.25, 0.3) is 0 Å². The van der Waals surface area contributed by atoms with Crippen molar-refractivity contribution in [1.82, 2.24) is 5.32 Å². The summed E-state index contributed by atoms with van der Waals surface area (Å²) in [6.07, 6.45) is 0.397. The van der Waals surface area contributed by atoms with E-state index >= 15 is 0 Å². The van der Waals surface area contributed by atoms with Crippen molar-refractivity contribution in [3.63, 3.8) is 0 Å². The van der Waals surface area contributed by atoms with Gasteiger partial charge in [-0.3, -0.25) is 0 Å². The molecule has 0 aliphatic heterocycles. The van der Waals surface area contributed by atoms with Crippen LogP contribution in [-0.2, 0) is 10.2 Å². The van der Waals surface area contributed by atoms with Gasteiger partial charge in [-0.1, -0.05) is 26.0 Å². The zero-order valence-corrected chi connectivity index (χ0v) is 14.9. The van der Waals surface area contributed by atoms with Crippen molar-refractivity contribution in [1.29, 1.82) is 0 Å². The lowest BCUT2D eigenvalue weighted by Crippen LogP contribution is -2.48. The predicted molar refractivity (Wildman–Crippen MR) is 91.9 cm³/mol. The highest BCUT2D eigenvalue weighted by Gasteiger charge is 2.32. The average molecular weight is 306 g/mol. The Labute approximate surface area is 134 Å². The Morgan fingerprint density at radius 1 is 1.05 bits per heavy atom. The van der Waals surface area contributed by atoms with Crippen molar-refractivity contribution in [3.8, 4) is 0 Å². The third-order valence-corrected chi connectivity index (χ3v) is 3.42. The molecule has 4 nitrogen and oxygen atoms in total. The molecule has 0 saturated carbocycles. The number of amides is 1. The first kappa shape index (κ1) is 18.3. The van der Waals surface area contributed by atoms with Gasteiger partial charge in [0.05, 0.1) is 0 Å². The molecule has 0 atom stereocenters. The zero-order valence-electron chi connectivity index (χ0n) is 14.9. The van der Waals surface area contributed by atoms with Crippen molar-refractivity contribution in [2.75, 3.05) is 5.73 Å². The lowest BCUT2D eigenvalue weighted by Gasteiger charge is -2.36. The van der Waals surface area contributed by atoms with Gasteiger partial charge in [0.1, 0.15) is 5.60 Å². The number of carbonyl (C=O) groups is 1. The minimum absolute atomic E-state index is 0.0911. The maximum absolute atomic E-state index is 12.0. The molecule has 3 N–H and O–H groups in total. The van der Waals surface area contributed by atoms with Crippen LogP contribution in [0.1, 0.15) is 60.5 Å². The van der Waals surface area contributed by atoms with Crippen molar-refractivity contribution in [2.24, 2.45) is 0 Å². The largest absolute Gasteiger partial charge is 0.444 e. The molecule has 22 heavy (non-hydrogen) atoms. The quantitative estimate of drug-likeness (QED) is 0.818. The van der Waals surface area contributed by atoms with Crippen molar-refractivity contribution >= 4 is 11.8 Å². The fraction of sp³-hybridized carbons (Fsp3) is 0.611. The molecule has 1 rings (SSSR count). The number of hydrogen-bond acceptors (Lipinski definition) is 3. The van der Waals surface area contributed by atoms with Crippen molar-refractivity contribution in [2.45, 2.75) is 71.4 Å². The van der Waals surface area contributed by atoms with Gasteiger partial charge in [-0.25, -0.2) is 4.79 Å². The van der Waals surface area contributed by atoms with E-state index in [0.717, 1.165) is 12.1 Å².